The number of halogens is 2. The minimum atomic E-state index is -2.28. The lowest BCUT2D eigenvalue weighted by atomic mass is 9.83. The molecule has 1 aromatic carbocycles. The van der Waals surface area contributed by atoms with Crippen molar-refractivity contribution in [2.45, 2.75) is 38.4 Å². The molecule has 0 spiro atoms. The van der Waals surface area contributed by atoms with E-state index in [4.69, 9.17) is 21.1 Å². The maximum Gasteiger partial charge on any atom is 0.404 e. The number of carboxylic acids is 1. The molecule has 1 unspecified atom stereocenters. The highest BCUT2D eigenvalue weighted by Crippen LogP contribution is 2.41. The molecule has 3 amide bonds. The quantitative estimate of drug-likeness (QED) is 0.654. The highest BCUT2D eigenvalue weighted by Gasteiger charge is 2.54. The number of pyridine rings is 1. The molecule has 0 aliphatic carbocycles. The van der Waals surface area contributed by atoms with Crippen LogP contribution in [0, 0.1) is 5.92 Å². The number of carbonyl (C=O) groups excluding carboxylic acids is 2. The van der Waals surface area contributed by atoms with E-state index in [0.717, 1.165) is 6.92 Å². The molecule has 4 rings (SSSR count). The molecular formula is C21H19ClFN3O6. The second kappa shape index (κ2) is 7.94. The van der Waals surface area contributed by atoms with Crippen molar-refractivity contribution >= 4 is 29.5 Å². The van der Waals surface area contributed by atoms with Crippen molar-refractivity contribution in [1.29, 1.82) is 0 Å². The van der Waals surface area contributed by atoms with Gasteiger partial charge in [0.05, 0.1) is 17.0 Å². The van der Waals surface area contributed by atoms with Gasteiger partial charge in [0.15, 0.2) is 17.5 Å². The Morgan fingerprint density at radius 1 is 1.31 bits per heavy atom. The number of aliphatic carboxylic acids is 1. The van der Waals surface area contributed by atoms with E-state index < -0.39 is 42.0 Å². The number of aromatic nitrogens is 1. The lowest BCUT2D eigenvalue weighted by Crippen LogP contribution is -2.68. The van der Waals surface area contributed by atoms with Gasteiger partial charge in [0.1, 0.15) is 0 Å². The van der Waals surface area contributed by atoms with Crippen LogP contribution >= 0.6 is 11.6 Å². The van der Waals surface area contributed by atoms with Gasteiger partial charge < -0.3 is 19.9 Å². The molecule has 0 radical (unpaired) electrons. The first-order chi connectivity index (χ1) is 15.1. The number of nitrogens with zero attached hydrogens (tertiary/aromatic N) is 2. The van der Waals surface area contributed by atoms with Gasteiger partial charge in [-0.05, 0) is 42.7 Å². The molecule has 0 bridgehead atoms. The summed E-state index contributed by atoms with van der Waals surface area (Å²) in [6.07, 6.45) is 3.01. The van der Waals surface area contributed by atoms with Crippen LogP contribution in [0.25, 0.3) is 0 Å². The van der Waals surface area contributed by atoms with Crippen molar-refractivity contribution in [2.24, 2.45) is 5.92 Å². The Hall–Kier alpha value is -3.40. The Morgan fingerprint density at radius 2 is 2.03 bits per heavy atom. The Morgan fingerprint density at radius 3 is 2.72 bits per heavy atom. The van der Waals surface area contributed by atoms with Crippen LogP contribution in [0.4, 0.5) is 9.18 Å². The molecule has 1 fully saturated rings. The number of amides is 3. The van der Waals surface area contributed by atoms with Crippen molar-refractivity contribution in [3.8, 4) is 11.5 Å². The van der Waals surface area contributed by atoms with E-state index in [0.29, 0.717) is 21.0 Å². The molecule has 1 aromatic heterocycles. The van der Waals surface area contributed by atoms with Crippen molar-refractivity contribution in [1.82, 2.24) is 15.2 Å². The summed E-state index contributed by atoms with van der Waals surface area (Å²) < 4.78 is 23.9. The largest absolute Gasteiger partial charge is 0.480 e. The summed E-state index contributed by atoms with van der Waals surface area (Å²) >= 11 is 5.89. The third-order valence-corrected chi connectivity index (χ3v) is 5.50. The Bertz CT molecular complexity index is 1110. The summed E-state index contributed by atoms with van der Waals surface area (Å²) in [5.41, 5.74) is 1.15. The summed E-state index contributed by atoms with van der Waals surface area (Å²) in [6.45, 7) is 2.76. The van der Waals surface area contributed by atoms with Crippen molar-refractivity contribution in [2.75, 3.05) is 0 Å². The number of likely N-dealkylation sites (tertiary alicyclic amines) is 1. The van der Waals surface area contributed by atoms with E-state index in [-0.39, 0.29) is 17.9 Å². The van der Waals surface area contributed by atoms with E-state index in [2.05, 4.69) is 10.3 Å². The van der Waals surface area contributed by atoms with Gasteiger partial charge in [0, 0.05) is 19.3 Å². The number of fused-ring (bicyclic) bond motifs is 1. The molecule has 3 heterocycles. The van der Waals surface area contributed by atoms with Gasteiger partial charge >= 0.3 is 18.0 Å². The third-order valence-electron chi connectivity index (χ3n) is 5.30. The fourth-order valence-corrected chi connectivity index (χ4v) is 3.98. The Labute approximate surface area is 187 Å². The second-order valence-corrected chi connectivity index (χ2v) is 8.17. The molecule has 11 heteroatoms. The number of β-lactam (4-membered cyclic amide) rings is 1. The molecule has 4 atom stereocenters. The van der Waals surface area contributed by atoms with Crippen LogP contribution in [0.15, 0.2) is 36.7 Å². The standard InChI is InChI=1S/C21H19ClFN3O6/c1-10(12-3-4-15-16(7-12)32-21(2,23)31-15)25-20(30)26-17(19(28)29)14(18(26)27)6-11-5-13(22)9-24-8-11/h3-5,7-10,14,17H,6H2,1-2H3,(H,25,30)(H,28,29)/t10-,14-,17+,21?/m1/s1. The van der Waals surface area contributed by atoms with Gasteiger partial charge in [-0.25, -0.2) is 14.5 Å². The number of rotatable bonds is 5. The molecule has 168 valence electrons. The lowest BCUT2D eigenvalue weighted by Gasteiger charge is -2.43. The first-order valence-corrected chi connectivity index (χ1v) is 10.1. The summed E-state index contributed by atoms with van der Waals surface area (Å²) in [6, 6.07) is 1.14. The number of urea groups is 1. The summed E-state index contributed by atoms with van der Waals surface area (Å²) in [5, 5.41) is 12.6. The first kappa shape index (κ1) is 21.8. The average Bonchev–Trinajstić information content (AvgIpc) is 3.02. The second-order valence-electron chi connectivity index (χ2n) is 7.73. The van der Waals surface area contributed by atoms with Crippen molar-refractivity contribution < 1.29 is 33.4 Å². The van der Waals surface area contributed by atoms with Crippen LogP contribution in [-0.4, -0.2) is 45.0 Å². The van der Waals surface area contributed by atoms with E-state index in [1.54, 1.807) is 19.1 Å². The molecule has 9 nitrogen and oxygen atoms in total. The molecule has 0 saturated carbocycles. The molecular weight excluding hydrogens is 445 g/mol. The van der Waals surface area contributed by atoms with Gasteiger partial charge in [-0.3, -0.25) is 9.78 Å². The Balaban J connectivity index is 1.45. The van der Waals surface area contributed by atoms with Crippen LogP contribution in [-0.2, 0) is 16.0 Å². The normalized spacial score (nSPS) is 24.6. The van der Waals surface area contributed by atoms with Gasteiger partial charge in [-0.15, -0.1) is 0 Å². The first-order valence-electron chi connectivity index (χ1n) is 9.72. The molecule has 2 aliphatic rings. The fraction of sp³-hybridized carbons (Fsp3) is 0.333. The minimum Gasteiger partial charge on any atom is -0.480 e. The predicted octanol–water partition coefficient (Wildman–Crippen LogP) is 3.07. The van der Waals surface area contributed by atoms with Gasteiger partial charge in [0.2, 0.25) is 5.91 Å². The molecule has 1 saturated heterocycles. The smallest absolute Gasteiger partial charge is 0.404 e. The van der Waals surface area contributed by atoms with Crippen LogP contribution in [0.3, 0.4) is 0 Å². The summed E-state index contributed by atoms with van der Waals surface area (Å²) in [7, 11) is 0. The predicted molar refractivity (Wildman–Crippen MR) is 109 cm³/mol. The molecule has 2 aliphatic heterocycles. The SMILES string of the molecule is C[C@@H](NC(=O)N1C(=O)[C@H](Cc2cncc(Cl)c2)[C@H]1C(=O)O)c1ccc2c(c1)OC(C)(F)O2. The maximum absolute atomic E-state index is 13.9. The highest BCUT2D eigenvalue weighted by molar-refractivity contribution is 6.30. The van der Waals surface area contributed by atoms with Crippen LogP contribution < -0.4 is 14.8 Å². The van der Waals surface area contributed by atoms with Gasteiger partial charge in [-0.2, -0.15) is 4.39 Å². The zero-order valence-corrected chi connectivity index (χ0v) is 17.8. The highest BCUT2D eigenvalue weighted by atomic mass is 35.5. The number of carboxylic acid groups (broad SMARTS) is 1. The van der Waals surface area contributed by atoms with Crippen LogP contribution in [0.1, 0.15) is 31.0 Å². The van der Waals surface area contributed by atoms with E-state index in [1.807, 2.05) is 0 Å². The van der Waals surface area contributed by atoms with Crippen molar-refractivity contribution in [3.05, 3.63) is 52.8 Å². The minimum absolute atomic E-state index is 0.0901. The number of benzene rings is 1. The summed E-state index contributed by atoms with van der Waals surface area (Å²) in [4.78, 5) is 41.7. The molecule has 2 aromatic rings. The zero-order chi connectivity index (χ0) is 23.2. The fourth-order valence-electron chi connectivity index (χ4n) is 3.79. The van der Waals surface area contributed by atoms with E-state index in [9.17, 15) is 23.9 Å². The average molecular weight is 464 g/mol. The van der Waals surface area contributed by atoms with Crippen molar-refractivity contribution in [3.63, 3.8) is 0 Å². The number of nitrogens with one attached hydrogen (secondary N) is 1. The van der Waals surface area contributed by atoms with Gasteiger partial charge in [-0.1, -0.05) is 17.7 Å². The van der Waals surface area contributed by atoms with Gasteiger partial charge in [0.25, 0.3) is 0 Å². The topological polar surface area (TPSA) is 118 Å². The monoisotopic (exact) mass is 463 g/mol. The summed E-state index contributed by atoms with van der Waals surface area (Å²) in [5.74, 6) is -2.42. The number of ether oxygens (including phenoxy) is 2. The van der Waals surface area contributed by atoms with E-state index >= 15 is 0 Å². The number of alkyl halides is 1. The number of imide groups is 1. The third kappa shape index (κ3) is 4.05. The van der Waals surface area contributed by atoms with E-state index in [1.165, 1.54) is 24.5 Å². The Kier molecular flexibility index (Phi) is 5.41. The molecule has 32 heavy (non-hydrogen) atoms. The van der Waals surface area contributed by atoms with Crippen LogP contribution in [0.2, 0.25) is 5.02 Å². The maximum atomic E-state index is 13.9. The molecule has 2 N–H and O–H groups in total. The number of hydrogen-bond donors (Lipinski definition) is 2. The number of hydrogen-bond acceptors (Lipinski definition) is 6. The lowest BCUT2D eigenvalue weighted by molar-refractivity contribution is -0.173. The zero-order valence-electron chi connectivity index (χ0n) is 17.0. The van der Waals surface area contributed by atoms with Crippen LogP contribution in [0.5, 0.6) is 11.5 Å². The number of carbonyl (C=O) groups is 3.